The number of rotatable bonds is 3. The third-order valence-electron chi connectivity index (χ3n) is 5.65. The molecule has 1 saturated carbocycles. The molecule has 2 aromatic rings. The fraction of sp³-hybridized carbons (Fsp3) is 0.350. The number of hydrogen-bond acceptors (Lipinski definition) is 3. The number of carbonyl (C=O) groups excluding carboxylic acids is 1. The van der Waals surface area contributed by atoms with Gasteiger partial charge in [0.2, 0.25) is 10.0 Å². The van der Waals surface area contributed by atoms with Gasteiger partial charge in [0, 0.05) is 18.4 Å². The third kappa shape index (κ3) is 3.47. The normalized spacial score (nSPS) is 25.4. The van der Waals surface area contributed by atoms with E-state index in [-0.39, 0.29) is 22.1 Å². The first-order valence-corrected chi connectivity index (χ1v) is 10.9. The number of hydrogen-bond donors (Lipinski definition) is 0. The second kappa shape index (κ2) is 7.11. The molecule has 29 heavy (non-hydrogen) atoms. The van der Waals surface area contributed by atoms with Crippen molar-refractivity contribution in [1.82, 2.24) is 4.31 Å². The van der Waals surface area contributed by atoms with Gasteiger partial charge in [-0.05, 0) is 42.7 Å². The Balaban J connectivity index is 1.82. The molecule has 0 unspecified atom stereocenters. The van der Waals surface area contributed by atoms with Crippen molar-refractivity contribution >= 4 is 27.4 Å². The van der Waals surface area contributed by atoms with Crippen LogP contribution in [-0.2, 0) is 21.0 Å². The molecular formula is C20H17ClF3NO3S. The number of sulfonamides is 1. The molecule has 9 heteroatoms. The summed E-state index contributed by atoms with van der Waals surface area (Å²) in [4.78, 5) is 12.4. The van der Waals surface area contributed by atoms with Gasteiger partial charge in [-0.2, -0.15) is 17.5 Å². The summed E-state index contributed by atoms with van der Waals surface area (Å²) in [6, 6.07) is 9.00. The molecule has 2 aliphatic heterocycles. The summed E-state index contributed by atoms with van der Waals surface area (Å²) in [5, 5.41) is 0.0615. The Morgan fingerprint density at radius 3 is 2.24 bits per heavy atom. The molecule has 0 aromatic heterocycles. The topological polar surface area (TPSA) is 54.5 Å². The van der Waals surface area contributed by atoms with Crippen molar-refractivity contribution in [3.8, 4) is 0 Å². The molecule has 2 aromatic carbocycles. The fourth-order valence-corrected chi connectivity index (χ4v) is 6.70. The molecule has 3 aliphatic rings. The van der Waals surface area contributed by atoms with Crippen LogP contribution in [0.25, 0.3) is 0 Å². The molecule has 3 fully saturated rings. The Bertz CT molecular complexity index is 1050. The lowest BCUT2D eigenvalue weighted by atomic mass is 9.73. The first-order valence-electron chi connectivity index (χ1n) is 9.08. The van der Waals surface area contributed by atoms with Crippen LogP contribution in [-0.4, -0.2) is 24.5 Å². The minimum absolute atomic E-state index is 0.0586. The van der Waals surface area contributed by atoms with Crippen LogP contribution in [0.5, 0.6) is 0 Å². The van der Waals surface area contributed by atoms with E-state index in [0.29, 0.717) is 18.4 Å². The Morgan fingerprint density at radius 2 is 1.66 bits per heavy atom. The number of Topliss-reactive ketones (excluding diaryl/α,β-unsaturated/α-hetero) is 1. The van der Waals surface area contributed by atoms with Crippen molar-refractivity contribution in [3.63, 3.8) is 0 Å². The summed E-state index contributed by atoms with van der Waals surface area (Å²) in [6.07, 6.45) is -3.37. The van der Waals surface area contributed by atoms with E-state index in [2.05, 4.69) is 0 Å². The average molecular weight is 444 g/mol. The third-order valence-corrected chi connectivity index (χ3v) is 8.08. The SMILES string of the molecule is O=C1C[C@@H]2CC[C@H]1[C@@H](c1ccc(C(F)(F)F)cc1)N2S(=O)(=O)c1ccccc1Cl. The van der Waals surface area contributed by atoms with Gasteiger partial charge in [-0.25, -0.2) is 8.42 Å². The van der Waals surface area contributed by atoms with E-state index < -0.39 is 39.8 Å². The van der Waals surface area contributed by atoms with E-state index in [1.807, 2.05) is 0 Å². The average Bonchev–Trinajstić information content (AvgIpc) is 2.67. The lowest BCUT2D eigenvalue weighted by Crippen LogP contribution is -2.56. The van der Waals surface area contributed by atoms with Gasteiger partial charge in [-0.1, -0.05) is 35.9 Å². The minimum Gasteiger partial charge on any atom is -0.299 e. The number of alkyl halides is 3. The summed E-state index contributed by atoms with van der Waals surface area (Å²) in [6.45, 7) is 0. The van der Waals surface area contributed by atoms with Crippen molar-refractivity contribution in [1.29, 1.82) is 0 Å². The van der Waals surface area contributed by atoms with Gasteiger partial charge >= 0.3 is 6.18 Å². The largest absolute Gasteiger partial charge is 0.416 e. The Morgan fingerprint density at radius 1 is 1.00 bits per heavy atom. The second-order valence-corrected chi connectivity index (χ2v) is 9.56. The second-order valence-electron chi connectivity index (χ2n) is 7.34. The quantitative estimate of drug-likeness (QED) is 0.682. The Kier molecular flexibility index (Phi) is 4.99. The van der Waals surface area contributed by atoms with Gasteiger partial charge in [-0.15, -0.1) is 0 Å². The Labute approximate surface area is 171 Å². The number of nitrogens with zero attached hydrogens (tertiary/aromatic N) is 1. The zero-order valence-corrected chi connectivity index (χ0v) is 16.6. The molecule has 2 saturated heterocycles. The van der Waals surface area contributed by atoms with Crippen molar-refractivity contribution in [2.75, 3.05) is 0 Å². The molecular weight excluding hydrogens is 427 g/mol. The minimum atomic E-state index is -4.50. The highest BCUT2D eigenvalue weighted by Gasteiger charge is 2.52. The van der Waals surface area contributed by atoms with Crippen LogP contribution in [0.15, 0.2) is 53.4 Å². The maximum absolute atomic E-state index is 13.5. The van der Waals surface area contributed by atoms with E-state index >= 15 is 0 Å². The van der Waals surface area contributed by atoms with E-state index in [0.717, 1.165) is 12.1 Å². The van der Waals surface area contributed by atoms with Crippen molar-refractivity contribution in [2.24, 2.45) is 5.92 Å². The molecule has 154 valence electrons. The standard InChI is InChI=1S/C20H17ClF3NO3S/c21-16-3-1-2-4-18(16)29(27,28)25-14-9-10-15(17(26)11-14)19(25)12-5-7-13(8-6-12)20(22,23)24/h1-8,14-15,19H,9-11H2/t14-,15+,19+/m0/s1. The molecule has 0 spiro atoms. The van der Waals surface area contributed by atoms with Crippen LogP contribution >= 0.6 is 11.6 Å². The van der Waals surface area contributed by atoms with Gasteiger partial charge < -0.3 is 0 Å². The monoisotopic (exact) mass is 443 g/mol. The summed E-state index contributed by atoms with van der Waals surface area (Å²) in [5.74, 6) is -0.647. The molecule has 3 atom stereocenters. The molecule has 0 amide bonds. The lowest BCUT2D eigenvalue weighted by molar-refractivity contribution is -0.138. The van der Waals surface area contributed by atoms with E-state index in [4.69, 9.17) is 11.6 Å². The van der Waals surface area contributed by atoms with Gasteiger partial charge in [0.1, 0.15) is 10.7 Å². The van der Waals surface area contributed by atoms with Crippen LogP contribution in [0, 0.1) is 5.92 Å². The van der Waals surface area contributed by atoms with Crippen molar-refractivity contribution in [2.45, 2.75) is 42.4 Å². The lowest BCUT2D eigenvalue weighted by Gasteiger charge is -2.49. The number of fused-ring (bicyclic) bond motifs is 3. The van der Waals surface area contributed by atoms with Crippen LogP contribution in [0.1, 0.15) is 36.4 Å². The van der Waals surface area contributed by atoms with Crippen molar-refractivity contribution < 1.29 is 26.4 Å². The number of carbonyl (C=O) groups is 1. The number of piperidine rings is 2. The Hall–Kier alpha value is -1.90. The first-order chi connectivity index (χ1) is 13.6. The van der Waals surface area contributed by atoms with Crippen LogP contribution in [0.3, 0.4) is 0 Å². The van der Waals surface area contributed by atoms with Crippen LogP contribution < -0.4 is 0 Å². The van der Waals surface area contributed by atoms with Crippen LogP contribution in [0.2, 0.25) is 5.02 Å². The fourth-order valence-electron chi connectivity index (χ4n) is 4.34. The summed E-state index contributed by atoms with van der Waals surface area (Å²) in [7, 11) is -4.06. The van der Waals surface area contributed by atoms with E-state index in [1.54, 1.807) is 12.1 Å². The van der Waals surface area contributed by atoms with Gasteiger partial charge in [0.15, 0.2) is 0 Å². The maximum atomic E-state index is 13.5. The van der Waals surface area contributed by atoms with Crippen LogP contribution in [0.4, 0.5) is 13.2 Å². The highest BCUT2D eigenvalue weighted by Crippen LogP contribution is 2.49. The summed E-state index contributed by atoms with van der Waals surface area (Å²) < 4.78 is 67.0. The molecule has 4 nitrogen and oxygen atoms in total. The van der Waals surface area contributed by atoms with Gasteiger partial charge in [0.25, 0.3) is 0 Å². The van der Waals surface area contributed by atoms with Gasteiger partial charge in [-0.3, -0.25) is 4.79 Å². The highest BCUT2D eigenvalue weighted by molar-refractivity contribution is 7.89. The number of halogens is 4. The first kappa shape index (κ1) is 20.4. The smallest absolute Gasteiger partial charge is 0.299 e. The summed E-state index contributed by atoms with van der Waals surface area (Å²) >= 11 is 6.13. The molecule has 0 radical (unpaired) electrons. The molecule has 5 rings (SSSR count). The van der Waals surface area contributed by atoms with E-state index in [9.17, 15) is 26.4 Å². The molecule has 0 N–H and O–H groups in total. The summed E-state index contributed by atoms with van der Waals surface area (Å²) in [5.41, 5.74) is -0.453. The van der Waals surface area contributed by atoms with Gasteiger partial charge in [0.05, 0.1) is 16.6 Å². The molecule has 1 aliphatic carbocycles. The predicted molar refractivity (Wildman–Crippen MR) is 101 cm³/mol. The molecule has 2 bridgehead atoms. The maximum Gasteiger partial charge on any atom is 0.416 e. The highest BCUT2D eigenvalue weighted by atomic mass is 35.5. The number of benzene rings is 2. The molecule has 2 heterocycles. The zero-order valence-electron chi connectivity index (χ0n) is 15.1. The predicted octanol–water partition coefficient (Wildman–Crippen LogP) is 4.84. The zero-order chi connectivity index (χ0) is 21.0. The van der Waals surface area contributed by atoms with E-state index in [1.165, 1.54) is 28.6 Å². The number of ketones is 1. The van der Waals surface area contributed by atoms with Crippen molar-refractivity contribution in [3.05, 3.63) is 64.7 Å².